The highest BCUT2D eigenvalue weighted by Crippen LogP contribution is 2.32. The number of benzene rings is 1. The SMILES string of the molecule is CC(C)C#CC(O)(C(=O)OC1CN2CCC1CC2)c1ccccc1. The summed E-state index contributed by atoms with van der Waals surface area (Å²) in [5.74, 6) is 5.50. The van der Waals surface area contributed by atoms with E-state index in [0.717, 1.165) is 32.5 Å². The van der Waals surface area contributed by atoms with E-state index in [-0.39, 0.29) is 12.0 Å². The molecule has 3 fully saturated rings. The molecule has 0 aromatic heterocycles. The molecule has 4 nitrogen and oxygen atoms in total. The van der Waals surface area contributed by atoms with Crippen molar-refractivity contribution in [3.8, 4) is 11.8 Å². The minimum Gasteiger partial charge on any atom is -0.458 e. The van der Waals surface area contributed by atoms with Crippen molar-refractivity contribution >= 4 is 5.97 Å². The van der Waals surface area contributed by atoms with Gasteiger partial charge in [0.25, 0.3) is 0 Å². The lowest BCUT2D eigenvalue weighted by Crippen LogP contribution is -2.53. The fourth-order valence-corrected chi connectivity index (χ4v) is 3.44. The fourth-order valence-electron chi connectivity index (χ4n) is 3.44. The van der Waals surface area contributed by atoms with Gasteiger partial charge in [-0.05, 0) is 31.8 Å². The van der Waals surface area contributed by atoms with Gasteiger partial charge in [-0.1, -0.05) is 56.0 Å². The second-order valence-electron chi connectivity index (χ2n) is 7.08. The van der Waals surface area contributed by atoms with Gasteiger partial charge in [0, 0.05) is 18.0 Å². The van der Waals surface area contributed by atoms with Crippen LogP contribution in [0.3, 0.4) is 0 Å². The Hall–Kier alpha value is -1.83. The second-order valence-corrected chi connectivity index (χ2v) is 7.08. The molecule has 0 saturated carbocycles. The number of piperidine rings is 3. The Bertz CT molecular complexity index is 638. The van der Waals surface area contributed by atoms with Crippen LogP contribution in [0.2, 0.25) is 0 Å². The summed E-state index contributed by atoms with van der Waals surface area (Å²) in [6.07, 6.45) is 1.97. The zero-order chi connectivity index (χ0) is 17.2. The van der Waals surface area contributed by atoms with E-state index >= 15 is 0 Å². The third-order valence-corrected chi connectivity index (χ3v) is 4.88. The lowest BCUT2D eigenvalue weighted by atomic mass is 9.85. The summed E-state index contributed by atoms with van der Waals surface area (Å²) in [5, 5.41) is 11.0. The molecular formula is C20H25NO3. The standard InChI is InChI=1S/C20H25NO3/c1-15(2)8-11-20(23,17-6-4-3-5-7-17)19(22)24-18-14-21-12-9-16(18)10-13-21/h3-7,15-16,18,23H,9-10,12-14H2,1-2H3. The summed E-state index contributed by atoms with van der Waals surface area (Å²) in [4.78, 5) is 15.1. The first-order valence-electron chi connectivity index (χ1n) is 8.73. The number of nitrogens with zero attached hydrogens (tertiary/aromatic N) is 1. The van der Waals surface area contributed by atoms with Crippen molar-refractivity contribution in [2.75, 3.05) is 19.6 Å². The van der Waals surface area contributed by atoms with Crippen molar-refractivity contribution < 1.29 is 14.6 Å². The second kappa shape index (κ2) is 6.96. The summed E-state index contributed by atoms with van der Waals surface area (Å²) in [6.45, 7) is 6.77. The summed E-state index contributed by atoms with van der Waals surface area (Å²) in [7, 11) is 0. The predicted molar refractivity (Wildman–Crippen MR) is 92.0 cm³/mol. The van der Waals surface area contributed by atoms with Crippen molar-refractivity contribution in [2.45, 2.75) is 38.4 Å². The van der Waals surface area contributed by atoms with Gasteiger partial charge in [-0.15, -0.1) is 0 Å². The zero-order valence-corrected chi connectivity index (χ0v) is 14.4. The highest BCUT2D eigenvalue weighted by Gasteiger charge is 2.43. The first kappa shape index (κ1) is 17.0. The largest absolute Gasteiger partial charge is 0.458 e. The van der Waals surface area contributed by atoms with Gasteiger partial charge >= 0.3 is 5.97 Å². The van der Waals surface area contributed by atoms with E-state index in [1.54, 1.807) is 24.3 Å². The Morgan fingerprint density at radius 1 is 1.29 bits per heavy atom. The summed E-state index contributed by atoms with van der Waals surface area (Å²) >= 11 is 0. The van der Waals surface area contributed by atoms with Crippen LogP contribution in [0.1, 0.15) is 32.3 Å². The molecule has 4 heteroatoms. The Balaban J connectivity index is 1.83. The van der Waals surface area contributed by atoms with Crippen LogP contribution in [0.15, 0.2) is 30.3 Å². The molecule has 3 saturated heterocycles. The van der Waals surface area contributed by atoms with Crippen molar-refractivity contribution in [1.29, 1.82) is 0 Å². The smallest absolute Gasteiger partial charge is 0.356 e. The van der Waals surface area contributed by atoms with Gasteiger partial charge in [0.15, 0.2) is 0 Å². The maximum Gasteiger partial charge on any atom is 0.356 e. The van der Waals surface area contributed by atoms with Crippen LogP contribution in [0, 0.1) is 23.7 Å². The van der Waals surface area contributed by atoms with Gasteiger partial charge in [-0.2, -0.15) is 0 Å². The Morgan fingerprint density at radius 3 is 2.50 bits per heavy atom. The van der Waals surface area contributed by atoms with Crippen LogP contribution in [-0.2, 0) is 15.1 Å². The van der Waals surface area contributed by atoms with E-state index in [2.05, 4.69) is 16.7 Å². The van der Waals surface area contributed by atoms with E-state index in [1.165, 1.54) is 0 Å². The number of aliphatic hydroxyl groups is 1. The predicted octanol–water partition coefficient (Wildman–Crippen LogP) is 2.17. The molecule has 4 rings (SSSR count). The molecule has 0 aliphatic carbocycles. The molecule has 3 aliphatic heterocycles. The number of esters is 1. The Kier molecular flexibility index (Phi) is 4.93. The lowest BCUT2D eigenvalue weighted by Gasteiger charge is -2.44. The molecule has 3 heterocycles. The number of rotatable bonds is 3. The third-order valence-electron chi connectivity index (χ3n) is 4.88. The number of ether oxygens (including phenoxy) is 1. The summed E-state index contributed by atoms with van der Waals surface area (Å²) in [5.41, 5.74) is -1.44. The molecule has 1 aromatic rings. The first-order chi connectivity index (χ1) is 11.5. The van der Waals surface area contributed by atoms with Gasteiger partial charge in [0.05, 0.1) is 0 Å². The molecule has 1 aromatic carbocycles. The minimum absolute atomic E-state index is 0.0600. The highest BCUT2D eigenvalue weighted by atomic mass is 16.6. The number of hydrogen-bond acceptors (Lipinski definition) is 4. The molecule has 2 unspecified atom stereocenters. The van der Waals surface area contributed by atoms with Crippen molar-refractivity contribution in [1.82, 2.24) is 4.90 Å². The molecule has 24 heavy (non-hydrogen) atoms. The van der Waals surface area contributed by atoms with Crippen molar-refractivity contribution in [2.24, 2.45) is 11.8 Å². The van der Waals surface area contributed by atoms with E-state index in [9.17, 15) is 9.90 Å². The number of hydrogen-bond donors (Lipinski definition) is 1. The molecular weight excluding hydrogens is 302 g/mol. The Morgan fingerprint density at radius 2 is 1.96 bits per heavy atom. The highest BCUT2D eigenvalue weighted by molar-refractivity contribution is 5.85. The third kappa shape index (κ3) is 3.48. The molecule has 0 amide bonds. The van der Waals surface area contributed by atoms with Crippen LogP contribution in [0.25, 0.3) is 0 Å². The maximum atomic E-state index is 12.8. The average Bonchev–Trinajstić information content (AvgIpc) is 2.61. The Labute approximate surface area is 143 Å². The van der Waals surface area contributed by atoms with Crippen molar-refractivity contribution in [3.05, 3.63) is 35.9 Å². The number of carbonyl (C=O) groups is 1. The molecule has 0 radical (unpaired) electrons. The normalized spacial score (nSPS) is 27.9. The van der Waals surface area contributed by atoms with E-state index in [4.69, 9.17) is 4.74 Å². The van der Waals surface area contributed by atoms with E-state index < -0.39 is 11.6 Å². The van der Waals surface area contributed by atoms with E-state index in [0.29, 0.717) is 11.5 Å². The molecule has 2 atom stereocenters. The van der Waals surface area contributed by atoms with Gasteiger partial charge in [0.1, 0.15) is 6.10 Å². The summed E-state index contributed by atoms with van der Waals surface area (Å²) in [6, 6.07) is 8.86. The lowest BCUT2D eigenvalue weighted by molar-refractivity contribution is -0.175. The molecule has 3 aliphatic rings. The quantitative estimate of drug-likeness (QED) is 0.683. The average molecular weight is 327 g/mol. The van der Waals surface area contributed by atoms with Gasteiger partial charge in [-0.3, -0.25) is 4.90 Å². The van der Waals surface area contributed by atoms with Gasteiger partial charge in [0.2, 0.25) is 5.60 Å². The molecule has 1 N–H and O–H groups in total. The molecule has 0 spiro atoms. The monoisotopic (exact) mass is 327 g/mol. The maximum absolute atomic E-state index is 12.8. The molecule has 2 bridgehead atoms. The topological polar surface area (TPSA) is 49.8 Å². The van der Waals surface area contributed by atoms with Crippen LogP contribution in [0.4, 0.5) is 0 Å². The van der Waals surface area contributed by atoms with Crippen molar-refractivity contribution in [3.63, 3.8) is 0 Å². The van der Waals surface area contributed by atoms with Crippen LogP contribution < -0.4 is 0 Å². The summed E-state index contributed by atoms with van der Waals surface area (Å²) < 4.78 is 5.74. The van der Waals surface area contributed by atoms with Crippen LogP contribution in [-0.4, -0.2) is 41.7 Å². The molecule has 128 valence electrons. The zero-order valence-electron chi connectivity index (χ0n) is 14.4. The van der Waals surface area contributed by atoms with Crippen LogP contribution in [0.5, 0.6) is 0 Å². The van der Waals surface area contributed by atoms with Gasteiger partial charge in [-0.25, -0.2) is 4.79 Å². The van der Waals surface area contributed by atoms with E-state index in [1.807, 2.05) is 19.9 Å². The first-order valence-corrected chi connectivity index (χ1v) is 8.73. The number of fused-ring (bicyclic) bond motifs is 3. The fraction of sp³-hybridized carbons (Fsp3) is 0.550. The van der Waals surface area contributed by atoms with Gasteiger partial charge < -0.3 is 9.84 Å². The minimum atomic E-state index is -1.91. The number of carbonyl (C=O) groups excluding carboxylic acids is 1. The van der Waals surface area contributed by atoms with Crippen LogP contribution >= 0.6 is 0 Å².